The van der Waals surface area contributed by atoms with Crippen molar-refractivity contribution >= 4 is 17.3 Å². The summed E-state index contributed by atoms with van der Waals surface area (Å²) in [6.45, 7) is 1.55. The van der Waals surface area contributed by atoms with Gasteiger partial charge in [-0.25, -0.2) is 9.48 Å². The maximum Gasteiger partial charge on any atom is 0.416 e. The smallest absolute Gasteiger partial charge is 0.416 e. The largest absolute Gasteiger partial charge is 0.505 e. The Morgan fingerprint density at radius 1 is 1.00 bits per heavy atom. The molecule has 1 aromatic heterocycles. The van der Waals surface area contributed by atoms with Crippen LogP contribution in [0.25, 0.3) is 16.8 Å². The number of phenols is 1. The van der Waals surface area contributed by atoms with E-state index in [1.165, 1.54) is 18.2 Å². The van der Waals surface area contributed by atoms with Gasteiger partial charge in [-0.1, -0.05) is 24.3 Å². The minimum Gasteiger partial charge on any atom is -0.505 e. The Labute approximate surface area is 195 Å². The number of aryl methyl sites for hydroxylation is 1. The topological polar surface area (TPSA) is 120 Å². The summed E-state index contributed by atoms with van der Waals surface area (Å²) < 4.78 is 39.5. The van der Waals surface area contributed by atoms with Crippen LogP contribution >= 0.6 is 0 Å². The summed E-state index contributed by atoms with van der Waals surface area (Å²) in [6.07, 6.45) is -4.50. The van der Waals surface area contributed by atoms with Crippen LogP contribution in [0.1, 0.15) is 21.6 Å². The third kappa shape index (κ3) is 4.69. The number of aromatic amines is 1. The normalized spacial score (nSPS) is 11.8. The van der Waals surface area contributed by atoms with Crippen LogP contribution in [-0.4, -0.2) is 26.0 Å². The number of carboxylic acids is 1. The van der Waals surface area contributed by atoms with E-state index in [-0.39, 0.29) is 28.4 Å². The molecule has 1 heterocycles. The van der Waals surface area contributed by atoms with Crippen LogP contribution in [0.5, 0.6) is 5.75 Å². The maximum absolute atomic E-state index is 12.8. The molecule has 0 saturated carbocycles. The Morgan fingerprint density at radius 3 is 2.34 bits per heavy atom. The van der Waals surface area contributed by atoms with Gasteiger partial charge in [0.05, 0.1) is 22.5 Å². The van der Waals surface area contributed by atoms with Gasteiger partial charge in [-0.3, -0.25) is 9.89 Å². The molecule has 0 spiro atoms. The van der Waals surface area contributed by atoms with Gasteiger partial charge in [-0.15, -0.1) is 10.2 Å². The Balaban J connectivity index is 1.67. The van der Waals surface area contributed by atoms with Crippen molar-refractivity contribution in [3.8, 4) is 22.6 Å². The van der Waals surface area contributed by atoms with E-state index in [1.807, 2.05) is 0 Å². The lowest BCUT2D eigenvalue weighted by Gasteiger charge is -2.07. The molecule has 8 nitrogen and oxygen atoms in total. The van der Waals surface area contributed by atoms with E-state index < -0.39 is 23.3 Å². The number of nitrogens with one attached hydrogen (secondary N) is 1. The third-order valence-electron chi connectivity index (χ3n) is 5.19. The predicted molar refractivity (Wildman–Crippen MR) is 121 cm³/mol. The van der Waals surface area contributed by atoms with Crippen LogP contribution in [0.4, 0.5) is 24.5 Å². The molecule has 178 valence electrons. The Morgan fingerprint density at radius 2 is 1.69 bits per heavy atom. The van der Waals surface area contributed by atoms with Crippen LogP contribution in [0, 0.1) is 6.92 Å². The van der Waals surface area contributed by atoms with Crippen LogP contribution in [0.2, 0.25) is 0 Å². The molecule has 0 aliphatic rings. The number of carbonyl (C=O) groups is 1. The van der Waals surface area contributed by atoms with E-state index in [2.05, 4.69) is 15.3 Å². The monoisotopic (exact) mass is 482 g/mol. The molecule has 0 aliphatic heterocycles. The summed E-state index contributed by atoms with van der Waals surface area (Å²) in [5, 5.41) is 30.5. The average Bonchev–Trinajstić information content (AvgIpc) is 3.11. The zero-order valence-electron chi connectivity index (χ0n) is 18.0. The number of aromatic hydroxyl groups is 1. The van der Waals surface area contributed by atoms with E-state index in [0.29, 0.717) is 16.8 Å². The molecule has 0 aliphatic carbocycles. The third-order valence-corrected chi connectivity index (χ3v) is 5.19. The maximum atomic E-state index is 12.8. The number of hydrogen-bond acceptors (Lipinski definition) is 5. The van der Waals surface area contributed by atoms with Crippen molar-refractivity contribution in [2.75, 3.05) is 0 Å². The van der Waals surface area contributed by atoms with Gasteiger partial charge in [0.1, 0.15) is 5.69 Å². The summed E-state index contributed by atoms with van der Waals surface area (Å²) in [7, 11) is 0. The van der Waals surface area contributed by atoms with Crippen molar-refractivity contribution in [1.82, 2.24) is 9.78 Å². The first-order valence-corrected chi connectivity index (χ1v) is 10.1. The molecule has 3 N–H and O–H groups in total. The number of alkyl halides is 3. The SMILES string of the molecule is Cc1[nH]n(-c2ccc(C(F)(F)F)cc2)c(=O)c1N=Nc1cccc(-c2cccc(C(=O)O)c2)c1O. The highest BCUT2D eigenvalue weighted by Crippen LogP contribution is 2.38. The average molecular weight is 482 g/mol. The van der Waals surface area contributed by atoms with E-state index in [9.17, 15) is 33.0 Å². The zero-order chi connectivity index (χ0) is 25.3. The molecule has 0 radical (unpaired) electrons. The number of rotatable bonds is 5. The lowest BCUT2D eigenvalue weighted by atomic mass is 10.0. The molecule has 35 heavy (non-hydrogen) atoms. The van der Waals surface area contributed by atoms with Crippen LogP contribution < -0.4 is 5.56 Å². The molecule has 4 rings (SSSR count). The van der Waals surface area contributed by atoms with Crippen molar-refractivity contribution in [1.29, 1.82) is 0 Å². The molecule has 4 aromatic rings. The van der Waals surface area contributed by atoms with Crippen LogP contribution in [-0.2, 0) is 6.18 Å². The van der Waals surface area contributed by atoms with Crippen molar-refractivity contribution in [2.45, 2.75) is 13.1 Å². The lowest BCUT2D eigenvalue weighted by molar-refractivity contribution is -0.137. The molecular weight excluding hydrogens is 465 g/mol. The summed E-state index contributed by atoms with van der Waals surface area (Å²) in [5.74, 6) is -1.38. The van der Waals surface area contributed by atoms with Crippen molar-refractivity contribution in [2.24, 2.45) is 10.2 Å². The second-order valence-electron chi connectivity index (χ2n) is 7.53. The first-order chi connectivity index (χ1) is 16.6. The van der Waals surface area contributed by atoms with Gasteiger partial charge in [0.2, 0.25) is 0 Å². The number of H-pyrrole nitrogens is 1. The summed E-state index contributed by atoms with van der Waals surface area (Å²) in [5.41, 5.74) is -0.260. The zero-order valence-corrected chi connectivity index (χ0v) is 18.0. The molecule has 3 aromatic carbocycles. The standard InChI is InChI=1S/C24H17F3N4O4/c1-13-20(22(33)31(30-13)17-10-8-16(9-11-17)24(25,26)27)29-28-19-7-3-6-18(21(19)32)14-4-2-5-15(12-14)23(34)35/h2-12,30,32H,1H3,(H,34,35). The molecule has 0 fully saturated rings. The molecule has 0 unspecified atom stereocenters. The fourth-order valence-corrected chi connectivity index (χ4v) is 3.41. The Hall–Kier alpha value is -4.67. The van der Waals surface area contributed by atoms with Gasteiger partial charge in [0.25, 0.3) is 5.56 Å². The van der Waals surface area contributed by atoms with E-state index >= 15 is 0 Å². The number of aromatic nitrogens is 2. The van der Waals surface area contributed by atoms with Gasteiger partial charge in [0.15, 0.2) is 11.4 Å². The second kappa shape index (κ2) is 8.93. The van der Waals surface area contributed by atoms with Crippen molar-refractivity contribution < 1.29 is 28.2 Å². The molecule has 0 amide bonds. The first kappa shape index (κ1) is 23.5. The fraction of sp³-hybridized carbons (Fsp3) is 0.0833. The van der Waals surface area contributed by atoms with Crippen molar-refractivity contribution in [3.63, 3.8) is 0 Å². The van der Waals surface area contributed by atoms with E-state index in [1.54, 1.807) is 31.2 Å². The number of halogens is 3. The number of phenolic OH excluding ortho intramolecular Hbond substituents is 1. The quantitative estimate of drug-likeness (QED) is 0.303. The van der Waals surface area contributed by atoms with Gasteiger partial charge >= 0.3 is 12.1 Å². The number of benzene rings is 3. The number of nitrogens with zero attached hydrogens (tertiary/aromatic N) is 3. The number of azo groups is 1. The molecule has 0 saturated heterocycles. The highest BCUT2D eigenvalue weighted by molar-refractivity contribution is 5.90. The molecule has 0 atom stereocenters. The molecule has 0 bridgehead atoms. The summed E-state index contributed by atoms with van der Waals surface area (Å²) in [6, 6.07) is 14.6. The summed E-state index contributed by atoms with van der Waals surface area (Å²) in [4.78, 5) is 24.0. The number of para-hydroxylation sites is 1. The predicted octanol–water partition coefficient (Wildman–Crippen LogP) is 5.98. The fourth-order valence-electron chi connectivity index (χ4n) is 3.41. The van der Waals surface area contributed by atoms with Crippen LogP contribution in [0.3, 0.4) is 0 Å². The van der Waals surface area contributed by atoms with Gasteiger partial charge in [-0.05, 0) is 55.0 Å². The second-order valence-corrected chi connectivity index (χ2v) is 7.53. The highest BCUT2D eigenvalue weighted by atomic mass is 19.4. The summed E-state index contributed by atoms with van der Waals surface area (Å²) >= 11 is 0. The van der Waals surface area contributed by atoms with Gasteiger partial charge in [0, 0.05) is 5.56 Å². The minimum atomic E-state index is -4.50. The number of hydrogen-bond donors (Lipinski definition) is 3. The van der Waals surface area contributed by atoms with Crippen LogP contribution in [0.15, 0.2) is 81.8 Å². The van der Waals surface area contributed by atoms with E-state index in [0.717, 1.165) is 28.9 Å². The molecular formula is C24H17F3N4O4. The Kier molecular flexibility index (Phi) is 6.00. The van der Waals surface area contributed by atoms with E-state index in [4.69, 9.17) is 0 Å². The minimum absolute atomic E-state index is 0.0318. The van der Waals surface area contributed by atoms with Gasteiger partial charge in [-0.2, -0.15) is 13.2 Å². The van der Waals surface area contributed by atoms with Crippen molar-refractivity contribution in [3.05, 3.63) is 93.9 Å². The highest BCUT2D eigenvalue weighted by Gasteiger charge is 2.30. The van der Waals surface area contributed by atoms with Gasteiger partial charge < -0.3 is 10.2 Å². The number of carboxylic acid groups (broad SMARTS) is 1. The lowest BCUT2D eigenvalue weighted by Crippen LogP contribution is -2.14. The Bertz CT molecular complexity index is 1500. The number of aromatic carboxylic acids is 1. The first-order valence-electron chi connectivity index (χ1n) is 10.1. The molecule has 11 heteroatoms.